The number of allylic oxidation sites excluding steroid dienone is 5. The predicted molar refractivity (Wildman–Crippen MR) is 89.0 cm³/mol. The molecular formula is C19H27NO2. The van der Waals surface area contributed by atoms with Crippen molar-refractivity contribution in [2.45, 2.75) is 47.5 Å². The standard InChI is InChI=1S/C19H27NO2/c1-13(2)19(5)9-8-14(12-18(3,4)10-11-19)15-6-7-16(21)20-17(15)22/h8-13,15H,6-7H2,1-5H3,(H,20,21,22)/b9-8-,11-10-,14-12+. The highest BCUT2D eigenvalue weighted by Gasteiger charge is 2.32. The van der Waals surface area contributed by atoms with Crippen LogP contribution in [-0.2, 0) is 9.59 Å². The Hall–Kier alpha value is -1.64. The lowest BCUT2D eigenvalue weighted by molar-refractivity contribution is -0.135. The number of carbonyl (C=O) groups excluding carboxylic acids is 2. The van der Waals surface area contributed by atoms with E-state index in [0.717, 1.165) is 5.57 Å². The molecule has 0 spiro atoms. The Kier molecular flexibility index (Phi) is 4.46. The zero-order valence-corrected chi connectivity index (χ0v) is 14.3. The number of piperidine rings is 1. The van der Waals surface area contributed by atoms with Crippen LogP contribution in [0.15, 0.2) is 36.0 Å². The first-order chi connectivity index (χ1) is 10.1. The van der Waals surface area contributed by atoms with Gasteiger partial charge in [-0.25, -0.2) is 0 Å². The normalized spacial score (nSPS) is 36.8. The summed E-state index contributed by atoms with van der Waals surface area (Å²) >= 11 is 0. The summed E-state index contributed by atoms with van der Waals surface area (Å²) in [5.41, 5.74) is 0.877. The lowest BCUT2D eigenvalue weighted by Crippen LogP contribution is -2.41. The third-order valence-corrected chi connectivity index (χ3v) is 4.93. The van der Waals surface area contributed by atoms with E-state index in [9.17, 15) is 9.59 Å². The summed E-state index contributed by atoms with van der Waals surface area (Å²) in [4.78, 5) is 23.5. The average molecular weight is 301 g/mol. The van der Waals surface area contributed by atoms with Gasteiger partial charge in [0.05, 0.1) is 5.92 Å². The van der Waals surface area contributed by atoms with Crippen LogP contribution in [0.5, 0.6) is 0 Å². The van der Waals surface area contributed by atoms with Gasteiger partial charge in [-0.1, -0.05) is 65.0 Å². The quantitative estimate of drug-likeness (QED) is 0.623. The molecule has 1 saturated heterocycles. The Morgan fingerprint density at radius 3 is 2.41 bits per heavy atom. The number of hydrogen-bond donors (Lipinski definition) is 1. The summed E-state index contributed by atoms with van der Waals surface area (Å²) in [7, 11) is 0. The molecule has 1 N–H and O–H groups in total. The van der Waals surface area contributed by atoms with Gasteiger partial charge in [-0.05, 0) is 17.9 Å². The molecule has 3 heteroatoms. The third kappa shape index (κ3) is 3.57. The Morgan fingerprint density at radius 2 is 1.82 bits per heavy atom. The van der Waals surface area contributed by atoms with Gasteiger partial charge < -0.3 is 0 Å². The van der Waals surface area contributed by atoms with E-state index in [-0.39, 0.29) is 28.6 Å². The zero-order valence-electron chi connectivity index (χ0n) is 14.3. The molecule has 1 aliphatic heterocycles. The van der Waals surface area contributed by atoms with Crippen molar-refractivity contribution >= 4 is 11.8 Å². The second-order valence-electron chi connectivity index (χ2n) is 7.66. The highest BCUT2D eigenvalue weighted by atomic mass is 16.2. The van der Waals surface area contributed by atoms with Crippen LogP contribution in [-0.4, -0.2) is 11.8 Å². The first kappa shape index (κ1) is 16.7. The van der Waals surface area contributed by atoms with Crippen molar-refractivity contribution in [1.82, 2.24) is 5.32 Å². The minimum absolute atomic E-state index is 0.0300. The smallest absolute Gasteiger partial charge is 0.234 e. The number of rotatable bonds is 2. The molecule has 0 bridgehead atoms. The van der Waals surface area contributed by atoms with Gasteiger partial charge in [-0.3, -0.25) is 14.9 Å². The number of hydrogen-bond acceptors (Lipinski definition) is 2. The van der Waals surface area contributed by atoms with Crippen molar-refractivity contribution in [2.75, 3.05) is 0 Å². The van der Waals surface area contributed by atoms with E-state index in [0.29, 0.717) is 18.8 Å². The molecule has 0 aromatic rings. The van der Waals surface area contributed by atoms with Crippen molar-refractivity contribution in [2.24, 2.45) is 22.7 Å². The first-order valence-electron chi connectivity index (χ1n) is 8.09. The molecule has 2 amide bonds. The molecule has 2 aliphatic rings. The van der Waals surface area contributed by atoms with E-state index in [4.69, 9.17) is 0 Å². The summed E-state index contributed by atoms with van der Waals surface area (Å²) in [6.45, 7) is 10.9. The predicted octanol–water partition coefficient (Wildman–Crippen LogP) is 3.78. The summed E-state index contributed by atoms with van der Waals surface area (Å²) < 4.78 is 0. The molecule has 1 fully saturated rings. The maximum atomic E-state index is 12.2. The van der Waals surface area contributed by atoms with E-state index < -0.39 is 0 Å². The molecule has 3 nitrogen and oxygen atoms in total. The lowest BCUT2D eigenvalue weighted by atomic mass is 9.73. The number of nitrogens with one attached hydrogen (secondary N) is 1. The van der Waals surface area contributed by atoms with Gasteiger partial charge in [0.1, 0.15) is 0 Å². The molecule has 2 rings (SSSR count). The van der Waals surface area contributed by atoms with E-state index in [1.54, 1.807) is 0 Å². The number of carbonyl (C=O) groups is 2. The summed E-state index contributed by atoms with van der Waals surface area (Å²) in [6, 6.07) is 0. The number of imide groups is 1. The topological polar surface area (TPSA) is 46.2 Å². The van der Waals surface area contributed by atoms with Crippen LogP contribution in [0.4, 0.5) is 0 Å². The van der Waals surface area contributed by atoms with E-state index in [1.807, 2.05) is 0 Å². The molecule has 2 atom stereocenters. The molecule has 22 heavy (non-hydrogen) atoms. The van der Waals surface area contributed by atoms with Crippen molar-refractivity contribution in [3.63, 3.8) is 0 Å². The van der Waals surface area contributed by atoms with E-state index in [1.165, 1.54) is 0 Å². The van der Waals surface area contributed by atoms with Crippen LogP contribution in [0.25, 0.3) is 0 Å². The molecule has 0 saturated carbocycles. The Labute approximate surface area is 133 Å². The van der Waals surface area contributed by atoms with E-state index >= 15 is 0 Å². The molecular weight excluding hydrogens is 274 g/mol. The molecule has 1 heterocycles. The SMILES string of the molecule is CC(C)C1(C)/C=C\C(C2CCC(=O)NC2=O)=C/C(C)(C)/C=C\1. The van der Waals surface area contributed by atoms with Crippen molar-refractivity contribution in [3.8, 4) is 0 Å². The Morgan fingerprint density at radius 1 is 1.14 bits per heavy atom. The first-order valence-corrected chi connectivity index (χ1v) is 8.09. The highest BCUT2D eigenvalue weighted by Crippen LogP contribution is 2.37. The largest absolute Gasteiger partial charge is 0.296 e. The van der Waals surface area contributed by atoms with Gasteiger partial charge in [0, 0.05) is 17.3 Å². The monoisotopic (exact) mass is 301 g/mol. The second kappa shape index (κ2) is 5.86. The summed E-state index contributed by atoms with van der Waals surface area (Å²) in [5.74, 6) is -0.0883. The Balaban J connectivity index is 2.40. The molecule has 0 aromatic heterocycles. The van der Waals surface area contributed by atoms with Crippen LogP contribution >= 0.6 is 0 Å². The molecule has 0 radical (unpaired) electrons. The van der Waals surface area contributed by atoms with Crippen LogP contribution in [0, 0.1) is 22.7 Å². The maximum absolute atomic E-state index is 12.2. The van der Waals surface area contributed by atoms with Crippen molar-refractivity contribution in [1.29, 1.82) is 0 Å². The van der Waals surface area contributed by atoms with Gasteiger partial charge >= 0.3 is 0 Å². The highest BCUT2D eigenvalue weighted by molar-refractivity contribution is 6.00. The van der Waals surface area contributed by atoms with Gasteiger partial charge in [-0.15, -0.1) is 0 Å². The van der Waals surface area contributed by atoms with Crippen molar-refractivity contribution in [3.05, 3.63) is 36.0 Å². The summed E-state index contributed by atoms with van der Waals surface area (Å²) in [5, 5.41) is 2.46. The van der Waals surface area contributed by atoms with Crippen LogP contribution in [0.3, 0.4) is 0 Å². The lowest BCUT2D eigenvalue weighted by Gasteiger charge is -2.32. The summed E-state index contributed by atoms with van der Waals surface area (Å²) in [6.07, 6.45) is 11.9. The number of amides is 2. The van der Waals surface area contributed by atoms with Crippen LogP contribution in [0.2, 0.25) is 0 Å². The minimum atomic E-state index is -0.226. The fourth-order valence-electron chi connectivity index (χ4n) is 2.86. The fourth-order valence-corrected chi connectivity index (χ4v) is 2.86. The van der Waals surface area contributed by atoms with Gasteiger partial charge in [0.2, 0.25) is 11.8 Å². The molecule has 0 aromatic carbocycles. The average Bonchev–Trinajstić information content (AvgIpc) is 2.40. The van der Waals surface area contributed by atoms with Crippen LogP contribution < -0.4 is 5.32 Å². The Bertz CT molecular complexity index is 566. The van der Waals surface area contributed by atoms with Crippen LogP contribution in [0.1, 0.15) is 47.5 Å². The minimum Gasteiger partial charge on any atom is -0.296 e. The fraction of sp³-hybridized carbons (Fsp3) is 0.579. The zero-order chi connectivity index (χ0) is 16.5. The van der Waals surface area contributed by atoms with E-state index in [2.05, 4.69) is 70.3 Å². The molecule has 1 aliphatic carbocycles. The van der Waals surface area contributed by atoms with Gasteiger partial charge in [0.25, 0.3) is 0 Å². The molecule has 120 valence electrons. The van der Waals surface area contributed by atoms with Gasteiger partial charge in [0.15, 0.2) is 0 Å². The van der Waals surface area contributed by atoms with Crippen molar-refractivity contribution < 1.29 is 9.59 Å². The molecule has 2 unspecified atom stereocenters. The second-order valence-corrected chi connectivity index (χ2v) is 7.66. The third-order valence-electron chi connectivity index (χ3n) is 4.93. The van der Waals surface area contributed by atoms with Gasteiger partial charge in [-0.2, -0.15) is 0 Å². The maximum Gasteiger partial charge on any atom is 0.234 e.